The van der Waals surface area contributed by atoms with Crippen LogP contribution in [0.4, 0.5) is 0 Å². The Morgan fingerprint density at radius 1 is 1.00 bits per heavy atom. The van der Waals surface area contributed by atoms with Gasteiger partial charge < -0.3 is 19.3 Å². The van der Waals surface area contributed by atoms with Crippen molar-refractivity contribution in [3.05, 3.63) is 60.2 Å². The molecular formula is C19H18O5. The van der Waals surface area contributed by atoms with Crippen LogP contribution >= 0.6 is 0 Å². The van der Waals surface area contributed by atoms with Gasteiger partial charge in [-0.25, -0.2) is 4.79 Å². The summed E-state index contributed by atoms with van der Waals surface area (Å²) in [5.41, 5.74) is 1.55. The smallest absolute Gasteiger partial charge is 0.336 e. The van der Waals surface area contributed by atoms with Gasteiger partial charge in [-0.2, -0.15) is 0 Å². The van der Waals surface area contributed by atoms with Crippen molar-refractivity contribution in [1.29, 1.82) is 0 Å². The number of ether oxygens (including phenoxy) is 3. The van der Waals surface area contributed by atoms with Crippen molar-refractivity contribution >= 4 is 18.1 Å². The highest BCUT2D eigenvalue weighted by Gasteiger charge is 2.08. The van der Waals surface area contributed by atoms with Crippen molar-refractivity contribution in [3.8, 4) is 23.0 Å². The SMILES string of the molecule is C=Cc1ccc(OC(=O)C=Cc2ccc(O)c(OC)c2)c(OC)c1. The summed E-state index contributed by atoms with van der Waals surface area (Å²) < 4.78 is 15.5. The first-order valence-corrected chi connectivity index (χ1v) is 7.14. The molecule has 0 spiro atoms. The maximum Gasteiger partial charge on any atom is 0.336 e. The molecule has 0 heterocycles. The van der Waals surface area contributed by atoms with Gasteiger partial charge in [-0.15, -0.1) is 0 Å². The molecule has 0 saturated heterocycles. The Morgan fingerprint density at radius 3 is 2.33 bits per heavy atom. The lowest BCUT2D eigenvalue weighted by molar-refractivity contribution is -0.129. The molecule has 0 aliphatic rings. The van der Waals surface area contributed by atoms with Gasteiger partial charge in [0.2, 0.25) is 0 Å². The summed E-state index contributed by atoms with van der Waals surface area (Å²) >= 11 is 0. The third-order valence-electron chi connectivity index (χ3n) is 3.25. The summed E-state index contributed by atoms with van der Waals surface area (Å²) in [4.78, 5) is 12.0. The van der Waals surface area contributed by atoms with Crippen LogP contribution in [0, 0.1) is 0 Å². The van der Waals surface area contributed by atoms with Crippen LogP contribution in [0.3, 0.4) is 0 Å². The largest absolute Gasteiger partial charge is 0.504 e. The zero-order chi connectivity index (χ0) is 17.5. The van der Waals surface area contributed by atoms with Gasteiger partial charge in [-0.3, -0.25) is 0 Å². The first kappa shape index (κ1) is 17.1. The first-order valence-electron chi connectivity index (χ1n) is 7.14. The monoisotopic (exact) mass is 326 g/mol. The van der Waals surface area contributed by atoms with Crippen molar-refractivity contribution in [2.75, 3.05) is 14.2 Å². The van der Waals surface area contributed by atoms with Gasteiger partial charge in [-0.05, 0) is 41.5 Å². The lowest BCUT2D eigenvalue weighted by atomic mass is 10.2. The molecule has 0 unspecified atom stereocenters. The topological polar surface area (TPSA) is 65.0 Å². The molecule has 0 radical (unpaired) electrons. The molecule has 0 amide bonds. The Labute approximate surface area is 140 Å². The lowest BCUT2D eigenvalue weighted by Crippen LogP contribution is -2.05. The number of phenols is 1. The molecule has 0 fully saturated rings. The number of aromatic hydroxyl groups is 1. The van der Waals surface area contributed by atoms with E-state index < -0.39 is 5.97 Å². The molecule has 24 heavy (non-hydrogen) atoms. The Balaban J connectivity index is 2.12. The van der Waals surface area contributed by atoms with E-state index in [0.29, 0.717) is 22.8 Å². The number of rotatable bonds is 6. The van der Waals surface area contributed by atoms with Crippen molar-refractivity contribution < 1.29 is 24.1 Å². The fraction of sp³-hybridized carbons (Fsp3) is 0.105. The van der Waals surface area contributed by atoms with Crippen LogP contribution < -0.4 is 14.2 Å². The maximum absolute atomic E-state index is 12.0. The molecule has 5 nitrogen and oxygen atoms in total. The molecule has 2 rings (SSSR count). The van der Waals surface area contributed by atoms with Crippen LogP contribution in [0.15, 0.2) is 49.1 Å². The van der Waals surface area contributed by atoms with Crippen molar-refractivity contribution in [3.63, 3.8) is 0 Å². The second kappa shape index (κ2) is 7.87. The van der Waals surface area contributed by atoms with Gasteiger partial charge in [0.05, 0.1) is 14.2 Å². The zero-order valence-corrected chi connectivity index (χ0v) is 13.5. The molecule has 5 heteroatoms. The Kier molecular flexibility index (Phi) is 5.63. The van der Waals surface area contributed by atoms with Crippen molar-refractivity contribution in [2.24, 2.45) is 0 Å². The molecule has 0 aliphatic carbocycles. The third-order valence-corrected chi connectivity index (χ3v) is 3.25. The lowest BCUT2D eigenvalue weighted by Gasteiger charge is -2.08. The molecule has 0 saturated carbocycles. The van der Waals surface area contributed by atoms with Gasteiger partial charge in [0.1, 0.15) is 0 Å². The molecule has 0 aliphatic heterocycles. The summed E-state index contributed by atoms with van der Waals surface area (Å²) in [6.07, 6.45) is 4.52. The van der Waals surface area contributed by atoms with Crippen LogP contribution in [0.25, 0.3) is 12.2 Å². The Morgan fingerprint density at radius 2 is 1.67 bits per heavy atom. The average molecular weight is 326 g/mol. The molecule has 0 bridgehead atoms. The summed E-state index contributed by atoms with van der Waals surface area (Å²) in [7, 11) is 2.95. The normalized spacial score (nSPS) is 10.4. The number of phenolic OH excluding ortho intramolecular Hbond substituents is 1. The quantitative estimate of drug-likeness (QED) is 0.498. The van der Waals surface area contributed by atoms with Gasteiger partial charge in [0.25, 0.3) is 0 Å². The van der Waals surface area contributed by atoms with Crippen LogP contribution in [-0.4, -0.2) is 25.3 Å². The van der Waals surface area contributed by atoms with Gasteiger partial charge in [0.15, 0.2) is 23.0 Å². The molecular weight excluding hydrogens is 308 g/mol. The minimum atomic E-state index is -0.549. The van der Waals surface area contributed by atoms with Gasteiger partial charge >= 0.3 is 5.97 Å². The molecule has 1 N–H and O–H groups in total. The van der Waals surface area contributed by atoms with Crippen molar-refractivity contribution in [2.45, 2.75) is 0 Å². The molecule has 0 aromatic heterocycles. The summed E-state index contributed by atoms with van der Waals surface area (Å²) in [5, 5.41) is 9.55. The fourth-order valence-corrected chi connectivity index (χ4v) is 2.00. The highest BCUT2D eigenvalue weighted by Crippen LogP contribution is 2.29. The number of hydrogen-bond donors (Lipinski definition) is 1. The number of carbonyl (C=O) groups is 1. The Bertz CT molecular complexity index is 777. The first-order chi connectivity index (χ1) is 11.6. The predicted molar refractivity (Wildman–Crippen MR) is 92.4 cm³/mol. The predicted octanol–water partition coefficient (Wildman–Crippen LogP) is 3.67. The summed E-state index contributed by atoms with van der Waals surface area (Å²) in [6.45, 7) is 3.68. The summed E-state index contributed by atoms with van der Waals surface area (Å²) in [6, 6.07) is 9.89. The average Bonchev–Trinajstić information content (AvgIpc) is 2.61. The van der Waals surface area contributed by atoms with E-state index in [1.165, 1.54) is 26.4 Å². The van der Waals surface area contributed by atoms with E-state index >= 15 is 0 Å². The van der Waals surface area contributed by atoms with E-state index in [9.17, 15) is 9.90 Å². The maximum atomic E-state index is 12.0. The van der Waals surface area contributed by atoms with E-state index in [1.54, 1.807) is 42.5 Å². The number of methoxy groups -OCH3 is 2. The number of carbonyl (C=O) groups excluding carboxylic acids is 1. The fourth-order valence-electron chi connectivity index (χ4n) is 2.00. The van der Waals surface area contributed by atoms with Gasteiger partial charge in [0, 0.05) is 6.08 Å². The van der Waals surface area contributed by atoms with E-state index in [0.717, 1.165) is 5.56 Å². The molecule has 0 atom stereocenters. The number of benzene rings is 2. The highest BCUT2D eigenvalue weighted by atomic mass is 16.6. The minimum Gasteiger partial charge on any atom is -0.504 e. The van der Waals surface area contributed by atoms with E-state index in [2.05, 4.69) is 6.58 Å². The van der Waals surface area contributed by atoms with Crippen LogP contribution in [-0.2, 0) is 4.79 Å². The van der Waals surface area contributed by atoms with Crippen LogP contribution in [0.5, 0.6) is 23.0 Å². The second-order valence-electron chi connectivity index (χ2n) is 4.80. The standard InChI is InChI=1S/C19H18O5/c1-4-13-6-9-16(18(11-13)23-3)24-19(21)10-7-14-5-8-15(20)17(12-14)22-2/h4-12,20H,1H2,2-3H3. The van der Waals surface area contributed by atoms with Crippen molar-refractivity contribution in [1.82, 2.24) is 0 Å². The minimum absolute atomic E-state index is 0.0317. The van der Waals surface area contributed by atoms with E-state index in [4.69, 9.17) is 14.2 Å². The van der Waals surface area contributed by atoms with Gasteiger partial charge in [-0.1, -0.05) is 24.8 Å². The van der Waals surface area contributed by atoms with Crippen LogP contribution in [0.2, 0.25) is 0 Å². The van der Waals surface area contributed by atoms with E-state index in [-0.39, 0.29) is 5.75 Å². The Hall–Kier alpha value is -3.21. The molecule has 2 aromatic carbocycles. The number of hydrogen-bond acceptors (Lipinski definition) is 5. The third kappa shape index (κ3) is 4.16. The second-order valence-corrected chi connectivity index (χ2v) is 4.80. The van der Waals surface area contributed by atoms with Crippen LogP contribution in [0.1, 0.15) is 11.1 Å². The van der Waals surface area contributed by atoms with E-state index in [1.807, 2.05) is 0 Å². The zero-order valence-electron chi connectivity index (χ0n) is 13.5. The molecule has 124 valence electrons. The highest BCUT2D eigenvalue weighted by molar-refractivity contribution is 5.89. The number of esters is 1. The summed E-state index contributed by atoms with van der Waals surface area (Å²) in [5.74, 6) is 0.574. The molecule has 2 aromatic rings.